The van der Waals surface area contributed by atoms with Crippen molar-refractivity contribution in [2.45, 2.75) is 83.6 Å². The second-order valence-electron chi connectivity index (χ2n) is 7.44. The smallest absolute Gasteiger partial charge is 0.0135 e. The second-order valence-corrected chi connectivity index (χ2v) is 7.44. The Hall–Kier alpha value is -0.0400. The average Bonchev–Trinajstić information content (AvgIpc) is 2.82. The standard InChI is InChI=1S/C18H33N/c1-2-3-4-5-6-7-8-9-12-19-18-16-14-10-11-15(13-14)17(16)18/h14-19H,2-13H2,1H3. The highest BCUT2D eigenvalue weighted by Gasteiger charge is 2.64. The summed E-state index contributed by atoms with van der Waals surface area (Å²) in [4.78, 5) is 0. The fourth-order valence-electron chi connectivity index (χ4n) is 5.13. The largest absolute Gasteiger partial charge is 0.313 e. The van der Waals surface area contributed by atoms with Gasteiger partial charge in [0.2, 0.25) is 0 Å². The van der Waals surface area contributed by atoms with Crippen molar-refractivity contribution in [1.29, 1.82) is 0 Å². The van der Waals surface area contributed by atoms with Gasteiger partial charge >= 0.3 is 0 Å². The number of nitrogens with one attached hydrogen (secondary N) is 1. The van der Waals surface area contributed by atoms with Crippen LogP contribution in [0.2, 0.25) is 0 Å². The van der Waals surface area contributed by atoms with E-state index in [9.17, 15) is 0 Å². The summed E-state index contributed by atoms with van der Waals surface area (Å²) in [5.41, 5.74) is 0. The molecule has 2 bridgehead atoms. The van der Waals surface area contributed by atoms with E-state index in [4.69, 9.17) is 0 Å². The highest BCUT2D eigenvalue weighted by molar-refractivity contribution is 5.16. The van der Waals surface area contributed by atoms with Crippen molar-refractivity contribution in [3.63, 3.8) is 0 Å². The lowest BCUT2D eigenvalue weighted by molar-refractivity contribution is 0.454. The Morgan fingerprint density at radius 3 is 2.00 bits per heavy atom. The number of unbranched alkanes of at least 4 members (excludes halogenated alkanes) is 7. The summed E-state index contributed by atoms with van der Waals surface area (Å²) >= 11 is 0. The summed E-state index contributed by atoms with van der Waals surface area (Å²) in [6.07, 6.45) is 16.2. The van der Waals surface area contributed by atoms with Gasteiger partial charge in [0, 0.05) is 6.04 Å². The van der Waals surface area contributed by atoms with Crippen molar-refractivity contribution in [3.8, 4) is 0 Å². The molecule has 0 heterocycles. The molecule has 0 amide bonds. The lowest BCUT2D eigenvalue weighted by Gasteiger charge is -2.10. The van der Waals surface area contributed by atoms with Gasteiger partial charge in [0.25, 0.3) is 0 Å². The van der Waals surface area contributed by atoms with E-state index in [-0.39, 0.29) is 0 Å². The quantitative estimate of drug-likeness (QED) is 0.560. The van der Waals surface area contributed by atoms with Crippen molar-refractivity contribution in [2.24, 2.45) is 23.7 Å². The monoisotopic (exact) mass is 263 g/mol. The van der Waals surface area contributed by atoms with Crippen LogP contribution in [0.3, 0.4) is 0 Å². The van der Waals surface area contributed by atoms with Gasteiger partial charge in [0.15, 0.2) is 0 Å². The molecule has 1 N–H and O–H groups in total. The molecule has 0 aromatic heterocycles. The minimum Gasteiger partial charge on any atom is -0.313 e. The predicted octanol–water partition coefficient (Wildman–Crippen LogP) is 4.76. The van der Waals surface area contributed by atoms with Gasteiger partial charge < -0.3 is 5.32 Å². The molecular weight excluding hydrogens is 230 g/mol. The Balaban J connectivity index is 1.15. The van der Waals surface area contributed by atoms with Crippen molar-refractivity contribution in [1.82, 2.24) is 5.32 Å². The van der Waals surface area contributed by atoms with E-state index in [1.165, 1.54) is 57.9 Å². The van der Waals surface area contributed by atoms with Crippen LogP contribution in [0.1, 0.15) is 77.6 Å². The van der Waals surface area contributed by atoms with E-state index in [0.717, 1.165) is 29.7 Å². The van der Waals surface area contributed by atoms with Crippen LogP contribution in [0.25, 0.3) is 0 Å². The van der Waals surface area contributed by atoms with Crippen LogP contribution in [0.15, 0.2) is 0 Å². The molecule has 3 saturated carbocycles. The first-order chi connectivity index (χ1) is 9.42. The van der Waals surface area contributed by atoms with Gasteiger partial charge in [0.1, 0.15) is 0 Å². The zero-order chi connectivity index (χ0) is 13.1. The molecule has 3 fully saturated rings. The number of rotatable bonds is 10. The maximum Gasteiger partial charge on any atom is 0.0135 e. The van der Waals surface area contributed by atoms with Crippen LogP contribution < -0.4 is 5.32 Å². The molecule has 0 saturated heterocycles. The molecule has 4 unspecified atom stereocenters. The van der Waals surface area contributed by atoms with Gasteiger partial charge in [0.05, 0.1) is 0 Å². The SMILES string of the molecule is CCCCCCCCCCNC1C2C3CCC(C3)C12. The highest BCUT2D eigenvalue weighted by Crippen LogP contribution is 2.65. The molecule has 0 spiro atoms. The third-order valence-electron chi connectivity index (χ3n) is 6.15. The van der Waals surface area contributed by atoms with Crippen molar-refractivity contribution < 1.29 is 0 Å². The molecule has 0 aromatic rings. The second kappa shape index (κ2) is 6.61. The Morgan fingerprint density at radius 1 is 0.789 bits per heavy atom. The molecular formula is C18H33N. The van der Waals surface area contributed by atoms with Crippen LogP contribution >= 0.6 is 0 Å². The molecule has 0 aliphatic heterocycles. The Kier molecular flexibility index (Phi) is 4.84. The fourth-order valence-corrected chi connectivity index (χ4v) is 5.13. The van der Waals surface area contributed by atoms with E-state index in [0.29, 0.717) is 0 Å². The lowest BCUT2D eigenvalue weighted by atomic mass is 10.0. The van der Waals surface area contributed by atoms with E-state index in [1.54, 1.807) is 19.3 Å². The zero-order valence-electron chi connectivity index (χ0n) is 12.9. The first-order valence-electron chi connectivity index (χ1n) is 9.15. The van der Waals surface area contributed by atoms with Gasteiger partial charge in [-0.3, -0.25) is 0 Å². The Morgan fingerprint density at radius 2 is 1.37 bits per heavy atom. The van der Waals surface area contributed by atoms with Crippen molar-refractivity contribution in [3.05, 3.63) is 0 Å². The summed E-state index contributed by atoms with van der Waals surface area (Å²) in [6.45, 7) is 3.59. The van der Waals surface area contributed by atoms with Crippen molar-refractivity contribution in [2.75, 3.05) is 6.54 Å². The maximum absolute atomic E-state index is 3.87. The molecule has 19 heavy (non-hydrogen) atoms. The minimum absolute atomic E-state index is 0.954. The minimum atomic E-state index is 0.954. The van der Waals surface area contributed by atoms with Crippen LogP contribution in [-0.4, -0.2) is 12.6 Å². The topological polar surface area (TPSA) is 12.0 Å². The van der Waals surface area contributed by atoms with Crippen LogP contribution in [-0.2, 0) is 0 Å². The normalized spacial score (nSPS) is 38.7. The molecule has 4 atom stereocenters. The fraction of sp³-hybridized carbons (Fsp3) is 1.00. The van der Waals surface area contributed by atoms with E-state index < -0.39 is 0 Å². The zero-order valence-corrected chi connectivity index (χ0v) is 12.9. The summed E-state index contributed by atoms with van der Waals surface area (Å²) in [7, 11) is 0. The number of hydrogen-bond donors (Lipinski definition) is 1. The maximum atomic E-state index is 3.87. The van der Waals surface area contributed by atoms with E-state index in [1.807, 2.05) is 0 Å². The highest BCUT2D eigenvalue weighted by atomic mass is 15.0. The molecule has 1 nitrogen and oxygen atoms in total. The van der Waals surface area contributed by atoms with Crippen LogP contribution in [0, 0.1) is 23.7 Å². The summed E-state index contributed by atoms with van der Waals surface area (Å²) in [6, 6.07) is 0.954. The van der Waals surface area contributed by atoms with E-state index >= 15 is 0 Å². The third kappa shape index (κ3) is 3.17. The summed E-state index contributed by atoms with van der Waals surface area (Å²) < 4.78 is 0. The molecule has 0 aromatic carbocycles. The van der Waals surface area contributed by atoms with Gasteiger partial charge in [-0.2, -0.15) is 0 Å². The number of hydrogen-bond acceptors (Lipinski definition) is 1. The van der Waals surface area contributed by atoms with Gasteiger partial charge in [-0.05, 0) is 55.9 Å². The Labute approximate surface area is 119 Å². The van der Waals surface area contributed by atoms with Gasteiger partial charge in [-0.1, -0.05) is 51.9 Å². The number of fused-ring (bicyclic) bond motifs is 5. The summed E-state index contributed by atoms with van der Waals surface area (Å²) in [5.74, 6) is 4.50. The molecule has 0 radical (unpaired) electrons. The molecule has 3 rings (SSSR count). The summed E-state index contributed by atoms with van der Waals surface area (Å²) in [5, 5.41) is 3.87. The molecule has 3 aliphatic rings. The van der Waals surface area contributed by atoms with Crippen molar-refractivity contribution >= 4 is 0 Å². The van der Waals surface area contributed by atoms with Gasteiger partial charge in [-0.15, -0.1) is 0 Å². The predicted molar refractivity (Wildman–Crippen MR) is 82.2 cm³/mol. The lowest BCUT2D eigenvalue weighted by Crippen LogP contribution is -2.23. The Bertz CT molecular complexity index is 259. The van der Waals surface area contributed by atoms with E-state index in [2.05, 4.69) is 12.2 Å². The first kappa shape index (κ1) is 13.9. The van der Waals surface area contributed by atoms with Crippen LogP contribution in [0.4, 0.5) is 0 Å². The first-order valence-corrected chi connectivity index (χ1v) is 9.15. The molecule has 110 valence electrons. The van der Waals surface area contributed by atoms with Crippen LogP contribution in [0.5, 0.6) is 0 Å². The average molecular weight is 263 g/mol. The molecule has 1 heteroatoms. The third-order valence-corrected chi connectivity index (χ3v) is 6.15. The van der Waals surface area contributed by atoms with Gasteiger partial charge in [-0.25, -0.2) is 0 Å². The molecule has 3 aliphatic carbocycles.